The SMILES string of the molecule is NCC(N)(CC(=O)O)CC(=O)O.NCCN.O=C(O)CCCCC(=O)O.O=C(O)CCCCC(=O)O. The molecule has 0 unspecified atom stereocenters. The van der Waals surface area contributed by atoms with Crippen molar-refractivity contribution in [3.63, 3.8) is 0 Å². The van der Waals surface area contributed by atoms with E-state index >= 15 is 0 Å². The van der Waals surface area contributed by atoms with Crippen molar-refractivity contribution >= 4 is 35.8 Å². The summed E-state index contributed by atoms with van der Waals surface area (Å²) in [6.07, 6.45) is 1.17. The summed E-state index contributed by atoms with van der Waals surface area (Å²) in [5, 5.41) is 49.3. The summed E-state index contributed by atoms with van der Waals surface area (Å²) >= 11 is 0. The van der Waals surface area contributed by atoms with Gasteiger partial charge in [-0.3, -0.25) is 28.8 Å². The highest BCUT2D eigenvalue weighted by Gasteiger charge is 2.29. The molecule has 14 N–H and O–H groups in total. The molecule has 0 aromatic rings. The number of aliphatic carboxylic acids is 6. The Bertz CT molecular complexity index is 577. The van der Waals surface area contributed by atoms with Gasteiger partial charge in [-0.25, -0.2) is 0 Å². The van der Waals surface area contributed by atoms with E-state index in [2.05, 4.69) is 0 Å². The highest BCUT2D eigenvalue weighted by atomic mass is 16.4. The van der Waals surface area contributed by atoms with E-state index in [0.717, 1.165) is 0 Å². The third-order valence-electron chi connectivity index (χ3n) is 3.64. The second-order valence-corrected chi connectivity index (χ2v) is 7.27. The van der Waals surface area contributed by atoms with Crippen LogP contribution in [0.5, 0.6) is 0 Å². The minimum absolute atomic E-state index is 0.0628. The lowest BCUT2D eigenvalue weighted by molar-refractivity contribution is -0.142. The summed E-state index contributed by atoms with van der Waals surface area (Å²) in [4.78, 5) is 60.0. The van der Waals surface area contributed by atoms with Crippen LogP contribution >= 0.6 is 0 Å². The highest BCUT2D eigenvalue weighted by molar-refractivity contribution is 5.73. The first-order valence-electron chi connectivity index (χ1n) is 10.8. The molecule has 0 bridgehead atoms. The number of carboxylic acid groups (broad SMARTS) is 6. The molecule has 0 radical (unpaired) electrons. The van der Waals surface area contributed by atoms with Crippen LogP contribution in [0.1, 0.15) is 64.2 Å². The summed E-state index contributed by atoms with van der Waals surface area (Å²) in [5.41, 5.74) is 19.0. The van der Waals surface area contributed by atoms with Crippen molar-refractivity contribution in [1.82, 2.24) is 0 Å². The standard InChI is InChI=1S/C6H12N2O4.2C6H10O4.C2H8N2/c7-3-6(8,1-4(9)10)2-5(11)12;2*7-5(8)3-1-2-4-6(9)10;3-1-2-4/h1-3,7-8H2,(H,9,10)(H,11,12);2*1-4H2,(H,7,8)(H,9,10);1-4H2. The Kier molecular flexibility index (Phi) is 29.1. The van der Waals surface area contributed by atoms with Gasteiger partial charge >= 0.3 is 35.8 Å². The van der Waals surface area contributed by atoms with Crippen LogP contribution in [0.4, 0.5) is 0 Å². The monoisotopic (exact) mass is 528 g/mol. The van der Waals surface area contributed by atoms with Gasteiger partial charge in [0.2, 0.25) is 0 Å². The topological polar surface area (TPSA) is 328 Å². The maximum Gasteiger partial charge on any atom is 0.305 e. The molecule has 0 aromatic carbocycles. The molecule has 0 aromatic heterocycles. The van der Waals surface area contributed by atoms with E-state index < -0.39 is 54.2 Å². The average molecular weight is 529 g/mol. The zero-order chi connectivity index (χ0) is 29.2. The molecule has 0 heterocycles. The smallest absolute Gasteiger partial charge is 0.305 e. The fourth-order valence-electron chi connectivity index (χ4n) is 1.91. The molecular formula is C20H40N4O12. The maximum atomic E-state index is 10.2. The van der Waals surface area contributed by atoms with Gasteiger partial charge in [0.25, 0.3) is 0 Å². The molecule has 0 spiro atoms. The van der Waals surface area contributed by atoms with Crippen molar-refractivity contribution in [2.45, 2.75) is 69.7 Å². The minimum atomic E-state index is -1.34. The van der Waals surface area contributed by atoms with Crippen LogP contribution in [0.2, 0.25) is 0 Å². The predicted molar refractivity (Wildman–Crippen MR) is 126 cm³/mol. The lowest BCUT2D eigenvalue weighted by Crippen LogP contribution is -2.50. The first-order chi connectivity index (χ1) is 16.6. The summed E-state index contributed by atoms with van der Waals surface area (Å²) in [6.45, 7) is 1.03. The van der Waals surface area contributed by atoms with E-state index in [-0.39, 0.29) is 32.2 Å². The normalized spacial score (nSPS) is 9.67. The third kappa shape index (κ3) is 44.4. The molecule has 0 amide bonds. The number of rotatable bonds is 16. The molecule has 0 atom stereocenters. The van der Waals surface area contributed by atoms with Crippen LogP contribution < -0.4 is 22.9 Å². The second kappa shape index (κ2) is 26.3. The van der Waals surface area contributed by atoms with Gasteiger partial charge in [-0.15, -0.1) is 0 Å². The molecule has 0 saturated heterocycles. The first kappa shape index (κ1) is 39.9. The van der Waals surface area contributed by atoms with Gasteiger partial charge in [-0.2, -0.15) is 0 Å². The Morgan fingerprint density at radius 2 is 0.694 bits per heavy atom. The van der Waals surface area contributed by atoms with E-state index in [1.807, 2.05) is 0 Å². The number of hydrogen-bond donors (Lipinski definition) is 10. The minimum Gasteiger partial charge on any atom is -0.481 e. The summed E-state index contributed by atoms with van der Waals surface area (Å²) in [6, 6.07) is 0. The van der Waals surface area contributed by atoms with Crippen LogP contribution in [0, 0.1) is 0 Å². The molecule has 0 aliphatic heterocycles. The number of carbonyl (C=O) groups is 6. The third-order valence-corrected chi connectivity index (χ3v) is 3.64. The van der Waals surface area contributed by atoms with Crippen molar-refractivity contribution in [3.8, 4) is 0 Å². The molecule has 0 fully saturated rings. The van der Waals surface area contributed by atoms with Gasteiger partial charge in [0.15, 0.2) is 0 Å². The molecule has 0 aliphatic rings. The van der Waals surface area contributed by atoms with E-state index in [9.17, 15) is 28.8 Å². The molecule has 0 aliphatic carbocycles. The van der Waals surface area contributed by atoms with Crippen LogP contribution in [-0.4, -0.2) is 91.6 Å². The van der Waals surface area contributed by atoms with E-state index in [0.29, 0.717) is 38.8 Å². The van der Waals surface area contributed by atoms with Gasteiger partial charge in [0.1, 0.15) is 0 Å². The van der Waals surface area contributed by atoms with Crippen LogP contribution in [0.3, 0.4) is 0 Å². The quantitative estimate of drug-likeness (QED) is 0.106. The largest absolute Gasteiger partial charge is 0.481 e. The maximum absolute atomic E-state index is 10.2. The van der Waals surface area contributed by atoms with Crippen LogP contribution in [0.15, 0.2) is 0 Å². The van der Waals surface area contributed by atoms with Crippen molar-refractivity contribution < 1.29 is 59.4 Å². The van der Waals surface area contributed by atoms with Crippen molar-refractivity contribution in [3.05, 3.63) is 0 Å². The van der Waals surface area contributed by atoms with Gasteiger partial charge in [0.05, 0.1) is 12.8 Å². The number of carboxylic acids is 6. The Hall–Kier alpha value is -3.34. The van der Waals surface area contributed by atoms with Crippen LogP contribution in [0.25, 0.3) is 0 Å². The second-order valence-electron chi connectivity index (χ2n) is 7.27. The summed E-state index contributed by atoms with van der Waals surface area (Å²) in [7, 11) is 0. The zero-order valence-electron chi connectivity index (χ0n) is 20.1. The van der Waals surface area contributed by atoms with Crippen LogP contribution in [-0.2, 0) is 28.8 Å². The van der Waals surface area contributed by atoms with E-state index in [1.54, 1.807) is 0 Å². The zero-order valence-corrected chi connectivity index (χ0v) is 20.1. The van der Waals surface area contributed by atoms with E-state index in [4.69, 9.17) is 53.6 Å². The number of unbranched alkanes of at least 4 members (excludes halogenated alkanes) is 2. The molecule has 0 rings (SSSR count). The lowest BCUT2D eigenvalue weighted by atomic mass is 9.93. The Morgan fingerprint density at radius 3 is 0.806 bits per heavy atom. The fraction of sp³-hybridized carbons (Fsp3) is 0.700. The van der Waals surface area contributed by atoms with Gasteiger partial charge < -0.3 is 53.6 Å². The lowest BCUT2D eigenvalue weighted by Gasteiger charge is -2.23. The molecule has 16 heteroatoms. The van der Waals surface area contributed by atoms with Gasteiger partial charge in [0, 0.05) is 50.9 Å². The summed E-state index contributed by atoms with van der Waals surface area (Å²) < 4.78 is 0. The molecule has 212 valence electrons. The number of hydrogen-bond acceptors (Lipinski definition) is 10. The predicted octanol–water partition coefficient (Wildman–Crippen LogP) is -1.07. The Labute approximate surface area is 208 Å². The number of nitrogens with two attached hydrogens (primary N) is 4. The Balaban J connectivity index is -0.000000199. The van der Waals surface area contributed by atoms with Crippen molar-refractivity contribution in [2.24, 2.45) is 22.9 Å². The molecule has 16 nitrogen and oxygen atoms in total. The van der Waals surface area contributed by atoms with E-state index in [1.165, 1.54) is 0 Å². The Morgan fingerprint density at radius 1 is 0.472 bits per heavy atom. The molecular weight excluding hydrogens is 488 g/mol. The van der Waals surface area contributed by atoms with Crippen molar-refractivity contribution in [2.75, 3.05) is 19.6 Å². The average Bonchev–Trinajstić information content (AvgIpc) is 2.74. The fourth-order valence-corrected chi connectivity index (χ4v) is 1.91. The van der Waals surface area contributed by atoms with Gasteiger partial charge in [-0.1, -0.05) is 0 Å². The molecule has 0 saturated carbocycles. The highest BCUT2D eigenvalue weighted by Crippen LogP contribution is 2.10. The first-order valence-corrected chi connectivity index (χ1v) is 10.8. The summed E-state index contributed by atoms with van der Waals surface area (Å²) in [5.74, 6) is -5.78. The van der Waals surface area contributed by atoms with Gasteiger partial charge in [-0.05, 0) is 25.7 Å². The van der Waals surface area contributed by atoms with Crippen molar-refractivity contribution in [1.29, 1.82) is 0 Å². The molecule has 36 heavy (non-hydrogen) atoms.